The summed E-state index contributed by atoms with van der Waals surface area (Å²) in [4.78, 5) is 32.3. The number of aromatic nitrogens is 4. The van der Waals surface area contributed by atoms with E-state index in [1.807, 2.05) is 13.0 Å². The van der Waals surface area contributed by atoms with Gasteiger partial charge in [-0.15, -0.1) is 10.2 Å². The number of morpholine rings is 1. The summed E-state index contributed by atoms with van der Waals surface area (Å²) in [6, 6.07) is 6.24. The third-order valence-electron chi connectivity index (χ3n) is 6.85. The van der Waals surface area contributed by atoms with E-state index in [1.165, 1.54) is 11.1 Å². The molecule has 3 aromatic heterocycles. The normalized spacial score (nSPS) is 17.6. The van der Waals surface area contributed by atoms with Crippen LogP contribution in [-0.2, 0) is 20.9 Å². The van der Waals surface area contributed by atoms with E-state index in [9.17, 15) is 9.59 Å². The highest BCUT2D eigenvalue weighted by atomic mass is 16.5. The lowest BCUT2D eigenvalue weighted by Crippen LogP contribution is -2.50. The van der Waals surface area contributed by atoms with Crippen LogP contribution in [0.3, 0.4) is 0 Å². The zero-order valence-electron chi connectivity index (χ0n) is 21.0. The molecule has 0 aromatic carbocycles. The first-order valence-corrected chi connectivity index (χ1v) is 12.8. The van der Waals surface area contributed by atoms with Gasteiger partial charge in [-0.3, -0.25) is 14.5 Å². The number of amides is 2. The van der Waals surface area contributed by atoms with Gasteiger partial charge < -0.3 is 23.8 Å². The Balaban J connectivity index is 1.37. The van der Waals surface area contributed by atoms with Crippen LogP contribution in [0.4, 0.5) is 0 Å². The smallest absolute Gasteiger partial charge is 0.250 e. The maximum absolute atomic E-state index is 13.7. The molecule has 0 radical (unpaired) electrons. The number of hydrogen-bond acceptors (Lipinski definition) is 9. The van der Waals surface area contributed by atoms with Gasteiger partial charge in [0.2, 0.25) is 11.7 Å². The molecular weight excluding hydrogens is 478 g/mol. The molecule has 2 aliphatic rings. The molecule has 1 atom stereocenters. The summed E-state index contributed by atoms with van der Waals surface area (Å²) in [7, 11) is 0. The first kappa shape index (κ1) is 25.2. The maximum Gasteiger partial charge on any atom is 0.250 e. The van der Waals surface area contributed by atoms with Crippen molar-refractivity contribution in [3.63, 3.8) is 0 Å². The zero-order valence-corrected chi connectivity index (χ0v) is 21.0. The summed E-state index contributed by atoms with van der Waals surface area (Å²) in [6.07, 6.45) is 5.58. The predicted molar refractivity (Wildman–Crippen MR) is 131 cm³/mol. The van der Waals surface area contributed by atoms with Crippen molar-refractivity contribution >= 4 is 11.8 Å². The Kier molecular flexibility index (Phi) is 7.95. The van der Waals surface area contributed by atoms with Gasteiger partial charge in [-0.25, -0.2) is 0 Å². The van der Waals surface area contributed by atoms with Gasteiger partial charge in [-0.1, -0.05) is 12.8 Å². The number of aryl methyl sites for hydroxylation is 1. The molecule has 12 heteroatoms. The molecular formula is C25H33N7O5. The van der Waals surface area contributed by atoms with Gasteiger partial charge >= 0.3 is 0 Å². The van der Waals surface area contributed by atoms with Crippen molar-refractivity contribution in [3.05, 3.63) is 42.0 Å². The van der Waals surface area contributed by atoms with Crippen LogP contribution in [0.1, 0.15) is 43.2 Å². The van der Waals surface area contributed by atoms with Crippen LogP contribution < -0.4 is 5.32 Å². The lowest BCUT2D eigenvalue weighted by molar-refractivity contribution is -0.143. The fourth-order valence-electron chi connectivity index (χ4n) is 4.87. The molecule has 37 heavy (non-hydrogen) atoms. The van der Waals surface area contributed by atoms with Gasteiger partial charge in [-0.05, 0) is 49.2 Å². The van der Waals surface area contributed by atoms with Crippen LogP contribution in [0.15, 0.2) is 39.4 Å². The molecule has 1 N–H and O–H groups in total. The van der Waals surface area contributed by atoms with Crippen molar-refractivity contribution < 1.29 is 23.2 Å². The van der Waals surface area contributed by atoms with Crippen molar-refractivity contribution in [2.24, 2.45) is 0 Å². The number of carbonyl (C=O) groups is 2. The van der Waals surface area contributed by atoms with E-state index < -0.39 is 6.04 Å². The summed E-state index contributed by atoms with van der Waals surface area (Å²) >= 11 is 0. The highest BCUT2D eigenvalue weighted by molar-refractivity contribution is 5.88. The molecule has 198 valence electrons. The Bertz CT molecular complexity index is 1160. The van der Waals surface area contributed by atoms with Gasteiger partial charge in [0.25, 0.3) is 5.91 Å². The van der Waals surface area contributed by atoms with Crippen molar-refractivity contribution in [1.29, 1.82) is 0 Å². The lowest BCUT2D eigenvalue weighted by Gasteiger charge is -2.33. The minimum absolute atomic E-state index is 0.109. The van der Waals surface area contributed by atoms with Gasteiger partial charge in [0, 0.05) is 32.2 Å². The number of rotatable bonds is 10. The average molecular weight is 512 g/mol. The summed E-state index contributed by atoms with van der Waals surface area (Å²) in [5.74, 6) is 1.37. The quantitative estimate of drug-likeness (QED) is 0.433. The summed E-state index contributed by atoms with van der Waals surface area (Å²) in [5, 5.41) is 15.5. The van der Waals surface area contributed by atoms with E-state index >= 15 is 0 Å². The van der Waals surface area contributed by atoms with E-state index in [0.29, 0.717) is 43.6 Å². The number of tetrazole rings is 1. The lowest BCUT2D eigenvalue weighted by atomic mass is 10.1. The summed E-state index contributed by atoms with van der Waals surface area (Å²) in [6.45, 7) is 5.44. The third-order valence-corrected chi connectivity index (χ3v) is 6.85. The molecule has 0 unspecified atom stereocenters. The fraction of sp³-hybridized carbons (Fsp3) is 0.560. The van der Waals surface area contributed by atoms with Crippen LogP contribution in [0.2, 0.25) is 0 Å². The van der Waals surface area contributed by atoms with Gasteiger partial charge in [0.15, 0.2) is 11.8 Å². The van der Waals surface area contributed by atoms with Crippen LogP contribution in [0.25, 0.3) is 11.6 Å². The second-order valence-electron chi connectivity index (χ2n) is 9.50. The highest BCUT2D eigenvalue weighted by Gasteiger charge is 2.35. The van der Waals surface area contributed by atoms with E-state index in [0.717, 1.165) is 44.5 Å². The first-order chi connectivity index (χ1) is 18.1. The number of ether oxygens (including phenoxy) is 1. The molecule has 1 aliphatic heterocycles. The SMILES string of the molecule is Cc1ccc(-c2nnn(CC(=O)N(CCN3CCOCC3)[C@@H](C(=O)NC3CCCC3)c3ccco3)n2)o1. The molecule has 1 saturated heterocycles. The second-order valence-corrected chi connectivity index (χ2v) is 9.50. The molecule has 0 bridgehead atoms. The number of furan rings is 2. The monoisotopic (exact) mass is 511 g/mol. The Morgan fingerprint density at radius 2 is 2.00 bits per heavy atom. The fourth-order valence-corrected chi connectivity index (χ4v) is 4.87. The van der Waals surface area contributed by atoms with Crippen molar-refractivity contribution in [3.8, 4) is 11.6 Å². The van der Waals surface area contributed by atoms with Crippen LogP contribution in [-0.4, -0.2) is 87.3 Å². The van der Waals surface area contributed by atoms with E-state index in [1.54, 1.807) is 23.1 Å². The van der Waals surface area contributed by atoms with Crippen LogP contribution in [0.5, 0.6) is 0 Å². The zero-order chi connectivity index (χ0) is 25.6. The third kappa shape index (κ3) is 6.25. The summed E-state index contributed by atoms with van der Waals surface area (Å²) in [5.41, 5.74) is 0. The Morgan fingerprint density at radius 1 is 1.19 bits per heavy atom. The van der Waals surface area contributed by atoms with Crippen LogP contribution >= 0.6 is 0 Å². The number of nitrogens with zero attached hydrogens (tertiary/aromatic N) is 6. The number of carbonyl (C=O) groups excluding carboxylic acids is 2. The minimum Gasteiger partial charge on any atom is -0.467 e. The van der Waals surface area contributed by atoms with Crippen molar-refractivity contribution in [2.75, 3.05) is 39.4 Å². The topological polar surface area (TPSA) is 132 Å². The molecule has 3 aromatic rings. The van der Waals surface area contributed by atoms with Crippen molar-refractivity contribution in [1.82, 2.24) is 35.3 Å². The van der Waals surface area contributed by atoms with E-state index in [-0.39, 0.29) is 24.4 Å². The minimum atomic E-state index is -0.903. The number of hydrogen-bond donors (Lipinski definition) is 1. The molecule has 5 rings (SSSR count). The van der Waals surface area contributed by atoms with Crippen LogP contribution in [0, 0.1) is 6.92 Å². The Hall–Kier alpha value is -3.51. The molecule has 2 amide bonds. The van der Waals surface area contributed by atoms with Gasteiger partial charge in [0.05, 0.1) is 19.5 Å². The molecule has 2 fully saturated rings. The largest absolute Gasteiger partial charge is 0.467 e. The Morgan fingerprint density at radius 3 is 2.70 bits per heavy atom. The van der Waals surface area contributed by atoms with Gasteiger partial charge in [0.1, 0.15) is 18.1 Å². The standard InChI is InChI=1S/C25H33N7O5/c1-18-8-9-21(37-18)24-27-29-32(28-24)17-22(33)31(11-10-30-12-15-35-16-13-30)23(20-7-4-14-36-20)25(34)26-19-5-2-3-6-19/h4,7-9,14,19,23H,2-3,5-6,10-13,15-17H2,1H3,(H,26,34)/t23-/m1/s1. The molecule has 0 spiro atoms. The summed E-state index contributed by atoms with van der Waals surface area (Å²) < 4.78 is 16.7. The maximum atomic E-state index is 13.7. The average Bonchev–Trinajstić information content (AvgIpc) is 3.71. The van der Waals surface area contributed by atoms with Gasteiger partial charge in [-0.2, -0.15) is 4.80 Å². The first-order valence-electron chi connectivity index (χ1n) is 12.8. The van der Waals surface area contributed by atoms with E-state index in [4.69, 9.17) is 13.6 Å². The highest BCUT2D eigenvalue weighted by Crippen LogP contribution is 2.25. The molecule has 1 saturated carbocycles. The molecule has 1 aliphatic carbocycles. The Labute approximate surface area is 214 Å². The van der Waals surface area contributed by atoms with Crippen molar-refractivity contribution in [2.45, 2.75) is 51.2 Å². The van der Waals surface area contributed by atoms with E-state index in [2.05, 4.69) is 25.6 Å². The number of nitrogens with one attached hydrogen (secondary N) is 1. The molecule has 12 nitrogen and oxygen atoms in total. The predicted octanol–water partition coefficient (Wildman–Crippen LogP) is 1.80. The molecule has 4 heterocycles. The second kappa shape index (κ2) is 11.7.